The smallest absolute Gasteiger partial charge is 0.163 e. The minimum Gasteiger partial charge on any atom is -0.486 e. The Kier molecular flexibility index (Phi) is 5.32. The average Bonchev–Trinajstić information content (AvgIpc) is 2.39. The molecule has 0 atom stereocenters. The summed E-state index contributed by atoms with van der Waals surface area (Å²) in [5.41, 5.74) is 0.921. The first kappa shape index (κ1) is 13.7. The Morgan fingerprint density at radius 1 is 1.22 bits per heavy atom. The second kappa shape index (κ2) is 7.00. The van der Waals surface area contributed by atoms with Crippen molar-refractivity contribution in [1.82, 2.24) is 0 Å². The molecule has 0 spiro atoms. The normalized spacial score (nSPS) is 13.4. The van der Waals surface area contributed by atoms with Gasteiger partial charge in [-0.3, -0.25) is 0 Å². The number of hydrogen-bond acceptors (Lipinski definition) is 4. The van der Waals surface area contributed by atoms with Crippen molar-refractivity contribution in [2.24, 2.45) is 0 Å². The Morgan fingerprint density at radius 3 is 2.67 bits per heavy atom. The molecule has 5 heteroatoms. The molecule has 0 saturated heterocycles. The lowest BCUT2D eigenvalue weighted by Gasteiger charge is -2.20. The van der Waals surface area contributed by atoms with Crippen LogP contribution in [0.5, 0.6) is 11.5 Å². The standard InChI is InChI=1S/C13H18ClNO2S/c1-18-7-3-2-4-15-11-9-13-12(8-10(11)14)16-5-6-17-13/h8-9,15H,2-7H2,1H3. The van der Waals surface area contributed by atoms with Crippen LogP contribution < -0.4 is 14.8 Å². The number of thioether (sulfide) groups is 1. The molecule has 0 saturated carbocycles. The molecule has 0 aromatic heterocycles. The predicted octanol–water partition coefficient (Wildman–Crippen LogP) is 3.67. The number of ether oxygens (including phenoxy) is 2. The maximum atomic E-state index is 6.20. The van der Waals surface area contributed by atoms with Gasteiger partial charge in [0.05, 0.1) is 10.7 Å². The molecule has 1 N–H and O–H groups in total. The molecule has 1 aromatic carbocycles. The predicted molar refractivity (Wildman–Crippen MR) is 78.5 cm³/mol. The van der Waals surface area contributed by atoms with Crippen LogP contribution in [0.25, 0.3) is 0 Å². The molecule has 3 nitrogen and oxygen atoms in total. The molecular weight excluding hydrogens is 270 g/mol. The number of nitrogens with one attached hydrogen (secondary N) is 1. The Hall–Kier alpha value is -0.740. The number of fused-ring (bicyclic) bond motifs is 1. The molecule has 1 aromatic rings. The Balaban J connectivity index is 1.91. The second-order valence-corrected chi connectivity index (χ2v) is 5.50. The van der Waals surface area contributed by atoms with Gasteiger partial charge in [0.1, 0.15) is 13.2 Å². The molecule has 0 fully saturated rings. The summed E-state index contributed by atoms with van der Waals surface area (Å²) < 4.78 is 11.0. The SMILES string of the molecule is CSCCCCNc1cc2c(cc1Cl)OCCO2. The Morgan fingerprint density at radius 2 is 1.94 bits per heavy atom. The van der Waals surface area contributed by atoms with Crippen LogP contribution in [0.1, 0.15) is 12.8 Å². The highest BCUT2D eigenvalue weighted by Crippen LogP contribution is 2.37. The summed E-state index contributed by atoms with van der Waals surface area (Å²) in [7, 11) is 0. The van der Waals surface area contributed by atoms with E-state index in [4.69, 9.17) is 21.1 Å². The topological polar surface area (TPSA) is 30.5 Å². The van der Waals surface area contributed by atoms with Crippen molar-refractivity contribution in [3.8, 4) is 11.5 Å². The van der Waals surface area contributed by atoms with Crippen molar-refractivity contribution in [2.45, 2.75) is 12.8 Å². The van der Waals surface area contributed by atoms with Gasteiger partial charge in [0.15, 0.2) is 11.5 Å². The third kappa shape index (κ3) is 3.62. The molecular formula is C13H18ClNO2S. The van der Waals surface area contributed by atoms with Crippen molar-refractivity contribution >= 4 is 29.1 Å². The van der Waals surface area contributed by atoms with Crippen LogP contribution in [-0.4, -0.2) is 31.8 Å². The third-order valence-corrected chi connectivity index (χ3v) is 3.73. The highest BCUT2D eigenvalue weighted by Gasteiger charge is 2.14. The van der Waals surface area contributed by atoms with Crippen LogP contribution in [0, 0.1) is 0 Å². The highest BCUT2D eigenvalue weighted by molar-refractivity contribution is 7.98. The number of rotatable bonds is 6. The van der Waals surface area contributed by atoms with Crippen LogP contribution >= 0.6 is 23.4 Å². The van der Waals surface area contributed by atoms with E-state index in [-0.39, 0.29) is 0 Å². The molecule has 0 aliphatic carbocycles. The number of unbranched alkanes of at least 4 members (excludes halogenated alkanes) is 1. The van der Waals surface area contributed by atoms with E-state index in [1.807, 2.05) is 23.9 Å². The van der Waals surface area contributed by atoms with E-state index in [2.05, 4.69) is 11.6 Å². The van der Waals surface area contributed by atoms with Crippen molar-refractivity contribution in [2.75, 3.05) is 37.1 Å². The average molecular weight is 288 g/mol. The van der Waals surface area contributed by atoms with Crippen LogP contribution in [0.4, 0.5) is 5.69 Å². The van der Waals surface area contributed by atoms with Gasteiger partial charge in [-0.05, 0) is 24.9 Å². The maximum absolute atomic E-state index is 6.20. The van der Waals surface area contributed by atoms with Gasteiger partial charge in [-0.2, -0.15) is 11.8 Å². The summed E-state index contributed by atoms with van der Waals surface area (Å²) in [5, 5.41) is 4.03. The minimum absolute atomic E-state index is 0.588. The van der Waals surface area contributed by atoms with E-state index in [0.29, 0.717) is 18.2 Å². The van der Waals surface area contributed by atoms with Crippen LogP contribution in [-0.2, 0) is 0 Å². The Bertz CT molecular complexity index is 401. The maximum Gasteiger partial charge on any atom is 0.163 e. The van der Waals surface area contributed by atoms with E-state index in [1.165, 1.54) is 12.2 Å². The van der Waals surface area contributed by atoms with Gasteiger partial charge in [0.2, 0.25) is 0 Å². The number of hydrogen-bond donors (Lipinski definition) is 1. The fourth-order valence-corrected chi connectivity index (χ4v) is 2.51. The van der Waals surface area contributed by atoms with E-state index in [0.717, 1.165) is 30.2 Å². The first-order valence-electron chi connectivity index (χ1n) is 6.13. The van der Waals surface area contributed by atoms with Crippen LogP contribution in [0.2, 0.25) is 5.02 Å². The fraction of sp³-hybridized carbons (Fsp3) is 0.538. The van der Waals surface area contributed by atoms with Gasteiger partial charge < -0.3 is 14.8 Å². The molecule has 0 unspecified atom stereocenters. The lowest BCUT2D eigenvalue weighted by molar-refractivity contribution is 0.171. The summed E-state index contributed by atoms with van der Waals surface area (Å²) in [6.45, 7) is 2.12. The van der Waals surface area contributed by atoms with E-state index < -0.39 is 0 Å². The van der Waals surface area contributed by atoms with Crippen LogP contribution in [0.3, 0.4) is 0 Å². The van der Waals surface area contributed by atoms with E-state index in [1.54, 1.807) is 0 Å². The van der Waals surface area contributed by atoms with Gasteiger partial charge in [0.25, 0.3) is 0 Å². The molecule has 0 radical (unpaired) electrons. The zero-order valence-electron chi connectivity index (χ0n) is 10.5. The monoisotopic (exact) mass is 287 g/mol. The van der Waals surface area contributed by atoms with E-state index >= 15 is 0 Å². The summed E-state index contributed by atoms with van der Waals surface area (Å²) >= 11 is 8.08. The van der Waals surface area contributed by atoms with Gasteiger partial charge in [-0.1, -0.05) is 11.6 Å². The summed E-state index contributed by atoms with van der Waals surface area (Å²) in [6.07, 6.45) is 4.49. The largest absolute Gasteiger partial charge is 0.486 e. The van der Waals surface area contributed by atoms with Crippen molar-refractivity contribution in [3.63, 3.8) is 0 Å². The van der Waals surface area contributed by atoms with Gasteiger partial charge in [0, 0.05) is 18.7 Å². The van der Waals surface area contributed by atoms with Crippen LogP contribution in [0.15, 0.2) is 12.1 Å². The van der Waals surface area contributed by atoms with Crippen molar-refractivity contribution in [1.29, 1.82) is 0 Å². The molecule has 1 heterocycles. The first-order valence-corrected chi connectivity index (χ1v) is 7.90. The summed E-state index contributed by atoms with van der Waals surface area (Å²) in [5.74, 6) is 2.72. The zero-order valence-corrected chi connectivity index (χ0v) is 12.1. The molecule has 0 amide bonds. The third-order valence-electron chi connectivity index (χ3n) is 2.72. The van der Waals surface area contributed by atoms with Gasteiger partial charge in [-0.15, -0.1) is 0 Å². The fourth-order valence-electron chi connectivity index (χ4n) is 1.79. The molecule has 0 bridgehead atoms. The number of anilines is 1. The zero-order chi connectivity index (χ0) is 12.8. The molecule has 100 valence electrons. The number of benzene rings is 1. The minimum atomic E-state index is 0.588. The Labute approximate surface area is 117 Å². The van der Waals surface area contributed by atoms with E-state index in [9.17, 15) is 0 Å². The summed E-state index contributed by atoms with van der Waals surface area (Å²) in [4.78, 5) is 0. The molecule has 2 rings (SSSR count). The van der Waals surface area contributed by atoms with Crippen molar-refractivity contribution in [3.05, 3.63) is 17.2 Å². The first-order chi connectivity index (χ1) is 8.81. The molecule has 1 aliphatic rings. The summed E-state index contributed by atoms with van der Waals surface area (Å²) in [6, 6.07) is 3.74. The van der Waals surface area contributed by atoms with Crippen molar-refractivity contribution < 1.29 is 9.47 Å². The quantitative estimate of drug-likeness (QED) is 0.809. The second-order valence-electron chi connectivity index (χ2n) is 4.10. The lowest BCUT2D eigenvalue weighted by atomic mass is 10.2. The molecule has 18 heavy (non-hydrogen) atoms. The lowest BCUT2D eigenvalue weighted by Crippen LogP contribution is -2.15. The van der Waals surface area contributed by atoms with Gasteiger partial charge in [-0.25, -0.2) is 0 Å². The molecule has 1 aliphatic heterocycles. The van der Waals surface area contributed by atoms with Gasteiger partial charge >= 0.3 is 0 Å². The number of halogens is 1. The highest BCUT2D eigenvalue weighted by atomic mass is 35.5.